The monoisotopic (exact) mass is 329 g/mol. The van der Waals surface area contributed by atoms with Crippen molar-refractivity contribution >= 4 is 15.9 Å². The first kappa shape index (κ1) is 15.0. The summed E-state index contributed by atoms with van der Waals surface area (Å²) in [5.41, 5.74) is 2.33. The fraction of sp³-hybridized carbons (Fsp3) is 0.786. The third kappa shape index (κ3) is 3.38. The van der Waals surface area contributed by atoms with E-state index in [9.17, 15) is 5.11 Å². The number of hydrogen-bond acceptors (Lipinski definition) is 3. The van der Waals surface area contributed by atoms with Gasteiger partial charge in [-0.15, -0.1) is 0 Å². The molecule has 0 saturated carbocycles. The Hall–Kier alpha value is -0.390. The summed E-state index contributed by atoms with van der Waals surface area (Å²) in [4.78, 5) is 2.51. The smallest absolute Gasteiger partial charge is 0.0739 e. The number of aryl methyl sites for hydroxylation is 2. The quantitative estimate of drug-likeness (QED) is 0.903. The van der Waals surface area contributed by atoms with Crippen molar-refractivity contribution in [2.24, 2.45) is 0 Å². The maximum Gasteiger partial charge on any atom is 0.0739 e. The maximum absolute atomic E-state index is 9.21. The molecular formula is C14H24BrN3O. The minimum atomic E-state index is 0.286. The number of hydrogen-bond donors (Lipinski definition) is 1. The van der Waals surface area contributed by atoms with Gasteiger partial charge >= 0.3 is 0 Å². The molecule has 1 fully saturated rings. The Morgan fingerprint density at radius 1 is 1.42 bits per heavy atom. The Kier molecular flexibility index (Phi) is 5.42. The Labute approximate surface area is 123 Å². The van der Waals surface area contributed by atoms with E-state index < -0.39 is 0 Å². The van der Waals surface area contributed by atoms with E-state index >= 15 is 0 Å². The van der Waals surface area contributed by atoms with Crippen molar-refractivity contribution in [1.82, 2.24) is 14.7 Å². The van der Waals surface area contributed by atoms with E-state index in [2.05, 4.69) is 37.5 Å². The van der Waals surface area contributed by atoms with Crippen LogP contribution >= 0.6 is 15.9 Å². The van der Waals surface area contributed by atoms with Crippen molar-refractivity contribution in [2.45, 2.75) is 58.7 Å². The second-order valence-corrected chi connectivity index (χ2v) is 6.09. The zero-order valence-electron chi connectivity index (χ0n) is 11.9. The van der Waals surface area contributed by atoms with Crippen LogP contribution in [0.4, 0.5) is 0 Å². The van der Waals surface area contributed by atoms with Gasteiger partial charge in [0, 0.05) is 25.7 Å². The molecule has 1 unspecified atom stereocenters. The van der Waals surface area contributed by atoms with Crippen LogP contribution in [0.15, 0.2) is 4.47 Å². The van der Waals surface area contributed by atoms with Gasteiger partial charge in [-0.25, -0.2) is 0 Å². The molecule has 0 amide bonds. The van der Waals surface area contributed by atoms with Crippen molar-refractivity contribution in [1.29, 1.82) is 0 Å². The molecular weight excluding hydrogens is 306 g/mol. The average Bonchev–Trinajstić information content (AvgIpc) is 2.69. The number of aliphatic hydroxyl groups excluding tert-OH is 1. The third-order valence-electron chi connectivity index (χ3n) is 4.02. The fourth-order valence-electron chi connectivity index (χ4n) is 2.96. The van der Waals surface area contributed by atoms with Crippen LogP contribution in [0.1, 0.15) is 44.0 Å². The lowest BCUT2D eigenvalue weighted by atomic mass is 9.99. The zero-order valence-corrected chi connectivity index (χ0v) is 13.5. The molecule has 0 aliphatic carbocycles. The molecule has 1 N–H and O–H groups in total. The van der Waals surface area contributed by atoms with Crippen LogP contribution in [0.3, 0.4) is 0 Å². The molecule has 4 nitrogen and oxygen atoms in total. The average molecular weight is 330 g/mol. The van der Waals surface area contributed by atoms with E-state index in [0.29, 0.717) is 6.04 Å². The molecule has 0 radical (unpaired) electrons. The van der Waals surface area contributed by atoms with Crippen molar-refractivity contribution in [3.63, 3.8) is 0 Å². The van der Waals surface area contributed by atoms with Gasteiger partial charge < -0.3 is 5.11 Å². The lowest BCUT2D eigenvalue weighted by Crippen LogP contribution is -2.40. The normalized spacial score (nSPS) is 20.9. The van der Waals surface area contributed by atoms with Crippen LogP contribution in [-0.2, 0) is 13.1 Å². The number of piperidine rings is 1. The fourth-order valence-corrected chi connectivity index (χ4v) is 3.37. The summed E-state index contributed by atoms with van der Waals surface area (Å²) in [6.07, 6.45) is 4.64. The second kappa shape index (κ2) is 6.86. The standard InChI is InChI=1S/C14H24BrN3O/c1-3-18-13(14(15)11(2)16-18)10-17-8-5-4-6-12(17)7-9-19/h12,19H,3-10H2,1-2H3. The van der Waals surface area contributed by atoms with Gasteiger partial charge in [-0.2, -0.15) is 5.10 Å². The second-order valence-electron chi connectivity index (χ2n) is 5.29. The molecule has 19 heavy (non-hydrogen) atoms. The number of nitrogens with zero attached hydrogens (tertiary/aromatic N) is 3. The van der Waals surface area contributed by atoms with Crippen LogP contribution in [0.25, 0.3) is 0 Å². The molecule has 108 valence electrons. The molecule has 1 saturated heterocycles. The van der Waals surface area contributed by atoms with Crippen LogP contribution in [-0.4, -0.2) is 39.0 Å². The van der Waals surface area contributed by atoms with E-state index in [4.69, 9.17) is 0 Å². The summed E-state index contributed by atoms with van der Waals surface area (Å²) in [5, 5.41) is 13.8. The highest BCUT2D eigenvalue weighted by Gasteiger charge is 2.24. The lowest BCUT2D eigenvalue weighted by molar-refractivity contribution is 0.109. The molecule has 2 heterocycles. The van der Waals surface area contributed by atoms with Gasteiger partial charge in [0.25, 0.3) is 0 Å². The Morgan fingerprint density at radius 3 is 2.89 bits per heavy atom. The molecule has 1 aliphatic heterocycles. The van der Waals surface area contributed by atoms with Crippen LogP contribution < -0.4 is 0 Å². The molecule has 1 atom stereocenters. The highest BCUT2D eigenvalue weighted by molar-refractivity contribution is 9.10. The molecule has 2 rings (SSSR count). The van der Waals surface area contributed by atoms with E-state index in [1.165, 1.54) is 25.0 Å². The number of aliphatic hydroxyl groups is 1. The molecule has 1 aromatic rings. The van der Waals surface area contributed by atoms with Crippen LogP contribution in [0.2, 0.25) is 0 Å². The largest absolute Gasteiger partial charge is 0.396 e. The summed E-state index contributed by atoms with van der Waals surface area (Å²) >= 11 is 3.67. The van der Waals surface area contributed by atoms with Gasteiger partial charge in [0.05, 0.1) is 15.9 Å². The van der Waals surface area contributed by atoms with E-state index in [1.54, 1.807) is 0 Å². The molecule has 5 heteroatoms. The third-order valence-corrected chi connectivity index (χ3v) is 5.05. The van der Waals surface area contributed by atoms with Crippen molar-refractivity contribution in [3.05, 3.63) is 15.9 Å². The first-order chi connectivity index (χ1) is 9.17. The molecule has 1 aromatic heterocycles. The summed E-state index contributed by atoms with van der Waals surface area (Å²) in [6.45, 7) is 7.42. The molecule has 0 spiro atoms. The van der Waals surface area contributed by atoms with Gasteiger partial charge in [-0.3, -0.25) is 9.58 Å². The number of rotatable bonds is 5. The Balaban J connectivity index is 2.14. The predicted octanol–water partition coefficient (Wildman–Crippen LogP) is 2.71. The van der Waals surface area contributed by atoms with Crippen molar-refractivity contribution in [2.75, 3.05) is 13.2 Å². The van der Waals surface area contributed by atoms with Crippen molar-refractivity contribution in [3.8, 4) is 0 Å². The summed E-state index contributed by atoms with van der Waals surface area (Å²) in [5.74, 6) is 0. The number of likely N-dealkylation sites (tertiary alicyclic amines) is 1. The highest BCUT2D eigenvalue weighted by Crippen LogP contribution is 2.26. The van der Waals surface area contributed by atoms with Crippen LogP contribution in [0, 0.1) is 6.92 Å². The predicted molar refractivity (Wildman–Crippen MR) is 80.1 cm³/mol. The summed E-state index contributed by atoms with van der Waals surface area (Å²) < 4.78 is 3.23. The van der Waals surface area contributed by atoms with Gasteiger partial charge in [0.2, 0.25) is 0 Å². The molecule has 0 bridgehead atoms. The van der Waals surface area contributed by atoms with Crippen molar-refractivity contribution < 1.29 is 5.11 Å². The van der Waals surface area contributed by atoms with Gasteiger partial charge in [-0.1, -0.05) is 6.42 Å². The first-order valence-electron chi connectivity index (χ1n) is 7.24. The first-order valence-corrected chi connectivity index (χ1v) is 8.03. The SMILES string of the molecule is CCn1nc(C)c(Br)c1CN1CCCCC1CCO. The number of aromatic nitrogens is 2. The number of halogens is 1. The van der Waals surface area contributed by atoms with Gasteiger partial charge in [-0.05, 0) is 55.6 Å². The lowest BCUT2D eigenvalue weighted by Gasteiger charge is -2.35. The Morgan fingerprint density at radius 2 is 2.21 bits per heavy atom. The molecule has 1 aliphatic rings. The maximum atomic E-state index is 9.21. The minimum Gasteiger partial charge on any atom is -0.396 e. The van der Waals surface area contributed by atoms with E-state index in [1.807, 2.05) is 6.92 Å². The highest BCUT2D eigenvalue weighted by atomic mass is 79.9. The zero-order chi connectivity index (χ0) is 13.8. The minimum absolute atomic E-state index is 0.286. The Bertz CT molecular complexity index is 417. The van der Waals surface area contributed by atoms with Crippen LogP contribution in [0.5, 0.6) is 0 Å². The van der Waals surface area contributed by atoms with Gasteiger partial charge in [0.1, 0.15) is 0 Å². The molecule has 0 aromatic carbocycles. The topological polar surface area (TPSA) is 41.3 Å². The summed E-state index contributed by atoms with van der Waals surface area (Å²) in [6, 6.07) is 0.520. The van der Waals surface area contributed by atoms with Gasteiger partial charge in [0.15, 0.2) is 0 Å². The summed E-state index contributed by atoms with van der Waals surface area (Å²) in [7, 11) is 0. The van der Waals surface area contributed by atoms with E-state index in [-0.39, 0.29) is 6.61 Å². The van der Waals surface area contributed by atoms with E-state index in [0.717, 1.165) is 36.2 Å².